The average Bonchev–Trinajstić information content (AvgIpc) is 3.46. The van der Waals surface area contributed by atoms with E-state index in [1.165, 1.54) is 6.20 Å². The topological polar surface area (TPSA) is 143 Å². The van der Waals surface area contributed by atoms with E-state index in [0.717, 1.165) is 29.7 Å². The van der Waals surface area contributed by atoms with Crippen LogP contribution in [0.25, 0.3) is 0 Å². The molecule has 3 amide bonds. The van der Waals surface area contributed by atoms with Gasteiger partial charge in [0.2, 0.25) is 17.7 Å². The molecule has 0 aromatic heterocycles. The van der Waals surface area contributed by atoms with Crippen LogP contribution in [0.1, 0.15) is 36.8 Å². The van der Waals surface area contributed by atoms with Crippen molar-refractivity contribution in [1.82, 2.24) is 16.1 Å². The molecule has 1 fully saturated rings. The van der Waals surface area contributed by atoms with Crippen LogP contribution in [0.15, 0.2) is 30.1 Å². The van der Waals surface area contributed by atoms with Crippen LogP contribution in [0.2, 0.25) is 0 Å². The van der Waals surface area contributed by atoms with Gasteiger partial charge in [-0.15, -0.1) is 0 Å². The van der Waals surface area contributed by atoms with Crippen molar-refractivity contribution in [3.63, 3.8) is 0 Å². The number of hydrazine groups is 1. The highest BCUT2D eigenvalue weighted by atomic mass is 16.2. The van der Waals surface area contributed by atoms with Crippen molar-refractivity contribution in [1.29, 1.82) is 0 Å². The van der Waals surface area contributed by atoms with Gasteiger partial charge in [0.25, 0.3) is 0 Å². The predicted octanol–water partition coefficient (Wildman–Crippen LogP) is -0.445. The van der Waals surface area contributed by atoms with Crippen LogP contribution in [-0.4, -0.2) is 36.3 Å². The van der Waals surface area contributed by atoms with Gasteiger partial charge in [0, 0.05) is 24.7 Å². The van der Waals surface area contributed by atoms with Gasteiger partial charge in [-0.1, -0.05) is 18.2 Å². The Balaban J connectivity index is 1.54. The summed E-state index contributed by atoms with van der Waals surface area (Å²) in [6, 6.07) is 4.59. The standard InChI is InChI=1S/C21H28N6O3/c22-15(11-25-23)10-24-20(29)17-9-14-3-1-2-13-6-7-16(21(30)27(17)19(13)14)26-18(28)8-12-4-5-12/h1-3,11-12,16-17,25H,4-10,22-23H2,(H,24,29)(H,26,28)/b15-11-. The van der Waals surface area contributed by atoms with E-state index >= 15 is 0 Å². The monoisotopic (exact) mass is 412 g/mol. The van der Waals surface area contributed by atoms with Crippen LogP contribution in [0.5, 0.6) is 0 Å². The van der Waals surface area contributed by atoms with Gasteiger partial charge >= 0.3 is 0 Å². The Kier molecular flexibility index (Phi) is 5.63. The second-order valence-electron chi connectivity index (χ2n) is 8.26. The highest BCUT2D eigenvalue weighted by molar-refractivity contribution is 6.07. The van der Waals surface area contributed by atoms with Gasteiger partial charge in [0.1, 0.15) is 12.1 Å². The number of carbonyl (C=O) groups is 3. The Morgan fingerprint density at radius 3 is 2.70 bits per heavy atom. The Bertz CT molecular complexity index is 895. The average molecular weight is 412 g/mol. The van der Waals surface area contributed by atoms with Crippen LogP contribution in [0, 0.1) is 5.92 Å². The minimum Gasteiger partial charge on any atom is -0.399 e. The summed E-state index contributed by atoms with van der Waals surface area (Å²) in [4.78, 5) is 40.3. The van der Waals surface area contributed by atoms with Crippen LogP contribution in [-0.2, 0) is 27.2 Å². The van der Waals surface area contributed by atoms with E-state index in [4.69, 9.17) is 11.6 Å². The number of nitrogens with two attached hydrogens (primary N) is 2. The molecule has 9 nitrogen and oxygen atoms in total. The van der Waals surface area contributed by atoms with Crippen molar-refractivity contribution in [3.8, 4) is 0 Å². The summed E-state index contributed by atoms with van der Waals surface area (Å²) in [5.74, 6) is 5.04. The van der Waals surface area contributed by atoms with E-state index in [1.54, 1.807) is 4.90 Å². The first kappa shape index (κ1) is 20.2. The fourth-order valence-electron chi connectivity index (χ4n) is 4.28. The van der Waals surface area contributed by atoms with Crippen LogP contribution in [0.3, 0.4) is 0 Å². The van der Waals surface area contributed by atoms with Crippen molar-refractivity contribution in [2.75, 3.05) is 11.4 Å². The van der Waals surface area contributed by atoms with E-state index in [2.05, 4.69) is 16.1 Å². The van der Waals surface area contributed by atoms with Crippen molar-refractivity contribution >= 4 is 23.4 Å². The Morgan fingerprint density at radius 2 is 1.97 bits per heavy atom. The van der Waals surface area contributed by atoms with E-state index in [9.17, 15) is 14.4 Å². The van der Waals surface area contributed by atoms with Crippen LogP contribution >= 0.6 is 0 Å². The molecule has 4 rings (SSSR count). The molecule has 9 heteroatoms. The molecule has 0 saturated heterocycles. The van der Waals surface area contributed by atoms with Gasteiger partial charge in [0.05, 0.1) is 12.2 Å². The third-order valence-corrected chi connectivity index (χ3v) is 5.95. The maximum atomic E-state index is 13.4. The molecule has 0 radical (unpaired) electrons. The second-order valence-corrected chi connectivity index (χ2v) is 8.26. The minimum absolute atomic E-state index is 0.0885. The zero-order valence-electron chi connectivity index (χ0n) is 16.8. The number of rotatable bonds is 7. The summed E-state index contributed by atoms with van der Waals surface area (Å²) >= 11 is 0. The van der Waals surface area contributed by atoms with E-state index in [-0.39, 0.29) is 24.3 Å². The zero-order chi connectivity index (χ0) is 21.3. The van der Waals surface area contributed by atoms with Crippen molar-refractivity contribution in [3.05, 3.63) is 41.2 Å². The fraction of sp³-hybridized carbons (Fsp3) is 0.476. The molecular weight excluding hydrogens is 384 g/mol. The number of benzene rings is 1. The lowest BCUT2D eigenvalue weighted by Gasteiger charge is -2.28. The highest BCUT2D eigenvalue weighted by Crippen LogP contribution is 2.39. The third-order valence-electron chi connectivity index (χ3n) is 5.95. The van der Waals surface area contributed by atoms with Gasteiger partial charge in [-0.3, -0.25) is 25.1 Å². The van der Waals surface area contributed by atoms with Gasteiger partial charge in [-0.05, 0) is 42.7 Å². The molecule has 0 bridgehead atoms. The number of amides is 3. The van der Waals surface area contributed by atoms with Crippen LogP contribution in [0.4, 0.5) is 5.69 Å². The van der Waals surface area contributed by atoms with Crippen molar-refractivity contribution < 1.29 is 14.4 Å². The summed E-state index contributed by atoms with van der Waals surface area (Å²) in [7, 11) is 0. The highest BCUT2D eigenvalue weighted by Gasteiger charge is 2.44. The molecule has 1 aromatic rings. The van der Waals surface area contributed by atoms with Gasteiger partial charge in [-0.25, -0.2) is 0 Å². The molecule has 1 aliphatic carbocycles. The lowest BCUT2D eigenvalue weighted by atomic mass is 10.0. The first-order valence-electron chi connectivity index (χ1n) is 10.4. The Labute approximate surface area is 175 Å². The number of nitrogens with zero attached hydrogens (tertiary/aromatic N) is 1. The number of aryl methyl sites for hydroxylation is 1. The Morgan fingerprint density at radius 1 is 1.20 bits per heavy atom. The lowest BCUT2D eigenvalue weighted by Crippen LogP contribution is -2.54. The molecule has 2 heterocycles. The largest absolute Gasteiger partial charge is 0.399 e. The molecule has 30 heavy (non-hydrogen) atoms. The molecule has 1 saturated carbocycles. The summed E-state index contributed by atoms with van der Waals surface area (Å²) in [5.41, 5.74) is 11.3. The molecule has 2 unspecified atom stereocenters. The number of anilines is 1. The number of carbonyl (C=O) groups excluding carboxylic acids is 3. The molecule has 2 atom stereocenters. The summed E-state index contributed by atoms with van der Waals surface area (Å²) in [5, 5.41) is 5.69. The van der Waals surface area contributed by atoms with E-state index < -0.39 is 12.1 Å². The molecule has 1 aromatic carbocycles. The predicted molar refractivity (Wildman–Crippen MR) is 112 cm³/mol. The SMILES string of the molecule is NN/C=C(\N)CNC(=O)C1Cc2cccc3c2N1C(=O)C(NC(=O)CC1CC1)CC3. The van der Waals surface area contributed by atoms with Crippen molar-refractivity contribution in [2.24, 2.45) is 17.5 Å². The minimum atomic E-state index is -0.673. The summed E-state index contributed by atoms with van der Waals surface area (Å²) in [6.45, 7) is 0.117. The molecule has 160 valence electrons. The Hall–Kier alpha value is -3.07. The van der Waals surface area contributed by atoms with Gasteiger partial charge in [-0.2, -0.15) is 0 Å². The van der Waals surface area contributed by atoms with Crippen molar-refractivity contribution in [2.45, 2.75) is 50.6 Å². The second kappa shape index (κ2) is 8.35. The number of nitrogens with one attached hydrogen (secondary N) is 3. The molecule has 3 aliphatic rings. The van der Waals surface area contributed by atoms with Crippen LogP contribution < -0.4 is 32.5 Å². The molecular formula is C21H28N6O3. The third kappa shape index (κ3) is 4.11. The lowest BCUT2D eigenvalue weighted by molar-refractivity contribution is -0.129. The first-order chi connectivity index (χ1) is 14.5. The number of hydrogen-bond acceptors (Lipinski definition) is 6. The van der Waals surface area contributed by atoms with Gasteiger partial charge in [0.15, 0.2) is 0 Å². The molecule has 2 aliphatic heterocycles. The first-order valence-corrected chi connectivity index (χ1v) is 10.4. The summed E-state index contributed by atoms with van der Waals surface area (Å²) in [6.07, 6.45) is 5.64. The maximum Gasteiger partial charge on any atom is 0.250 e. The molecule has 0 spiro atoms. The zero-order valence-corrected chi connectivity index (χ0v) is 16.8. The van der Waals surface area contributed by atoms with Gasteiger partial charge < -0.3 is 21.8 Å². The van der Waals surface area contributed by atoms with E-state index in [1.807, 2.05) is 18.2 Å². The number of para-hydroxylation sites is 1. The quantitative estimate of drug-likeness (QED) is 0.303. The normalized spacial score (nSPS) is 22.9. The maximum absolute atomic E-state index is 13.4. The van der Waals surface area contributed by atoms with E-state index in [0.29, 0.717) is 37.3 Å². The fourth-order valence-corrected chi connectivity index (χ4v) is 4.28. The number of hydrogen-bond donors (Lipinski definition) is 5. The smallest absolute Gasteiger partial charge is 0.250 e. The summed E-state index contributed by atoms with van der Waals surface area (Å²) < 4.78 is 0. The molecule has 7 N–H and O–H groups in total.